The number of rotatable bonds is 5. The van der Waals surface area contributed by atoms with Crippen LogP contribution in [0.25, 0.3) is 0 Å². The van der Waals surface area contributed by atoms with Gasteiger partial charge in [-0.05, 0) is 57.4 Å². The van der Waals surface area contributed by atoms with Crippen LogP contribution >= 0.6 is 11.6 Å². The van der Waals surface area contributed by atoms with Crippen LogP contribution < -0.4 is 5.32 Å². The topological polar surface area (TPSA) is 65.4 Å². The van der Waals surface area contributed by atoms with Crippen LogP contribution in [0.15, 0.2) is 18.2 Å². The summed E-state index contributed by atoms with van der Waals surface area (Å²) in [5, 5.41) is 12.4. The molecule has 5 nitrogen and oxygen atoms in total. The normalized spacial score (nSPS) is 14.4. The van der Waals surface area contributed by atoms with Gasteiger partial charge < -0.3 is 4.74 Å². The van der Waals surface area contributed by atoms with Gasteiger partial charge in [0, 0.05) is 23.3 Å². The predicted octanol–water partition coefficient (Wildman–Crippen LogP) is 4.17. The van der Waals surface area contributed by atoms with E-state index in [2.05, 4.69) is 16.3 Å². The van der Waals surface area contributed by atoms with Gasteiger partial charge in [-0.2, -0.15) is 5.26 Å². The highest BCUT2D eigenvalue weighted by molar-refractivity contribution is 6.30. The number of nitrogens with zero attached hydrogens (tertiary/aromatic N) is 2. The Kier molecular flexibility index (Phi) is 5.51. The first-order valence-electron chi connectivity index (χ1n) is 7.68. The predicted molar refractivity (Wildman–Crippen MR) is 90.4 cm³/mol. The quantitative estimate of drug-likeness (QED) is 0.820. The average molecular weight is 336 g/mol. The highest BCUT2D eigenvalue weighted by Gasteiger charge is 2.29. The fraction of sp³-hybridized carbons (Fsp3) is 0.529. The molecule has 0 atom stereocenters. The second-order valence-corrected chi connectivity index (χ2v) is 7.16. The van der Waals surface area contributed by atoms with E-state index >= 15 is 0 Å². The third kappa shape index (κ3) is 5.74. The number of hydrogen-bond donors (Lipinski definition) is 1. The minimum atomic E-state index is -0.558. The molecule has 1 fully saturated rings. The lowest BCUT2D eigenvalue weighted by Gasteiger charge is -2.23. The Morgan fingerprint density at radius 1 is 1.48 bits per heavy atom. The van der Waals surface area contributed by atoms with Gasteiger partial charge >= 0.3 is 6.09 Å². The Bertz CT molecular complexity index is 615. The van der Waals surface area contributed by atoms with Crippen LogP contribution in [0, 0.1) is 11.3 Å². The first-order valence-corrected chi connectivity index (χ1v) is 8.06. The highest BCUT2D eigenvalue weighted by atomic mass is 35.5. The number of anilines is 1. The standard InChI is InChI=1S/C17H22ClN3O2/c1-17(2,3)23-16(22)20-15-7-4-13(18)10-12(15)11-21(9-8-19)14-5-6-14/h4,7,10,14H,5-6,9,11H2,1-3H3,(H,20,22). The zero-order chi connectivity index (χ0) is 17.0. The molecule has 0 saturated heterocycles. The van der Waals surface area contributed by atoms with Crippen molar-refractivity contribution in [1.29, 1.82) is 5.26 Å². The first kappa shape index (κ1) is 17.6. The summed E-state index contributed by atoms with van der Waals surface area (Å²) in [5.74, 6) is 0. The molecule has 6 heteroatoms. The van der Waals surface area contributed by atoms with Crippen molar-refractivity contribution in [3.63, 3.8) is 0 Å². The maximum Gasteiger partial charge on any atom is 0.412 e. The summed E-state index contributed by atoms with van der Waals surface area (Å²) in [4.78, 5) is 14.1. The van der Waals surface area contributed by atoms with Gasteiger partial charge in [0.15, 0.2) is 0 Å². The van der Waals surface area contributed by atoms with Gasteiger partial charge in [-0.25, -0.2) is 4.79 Å². The number of benzene rings is 1. The first-order chi connectivity index (χ1) is 10.8. The van der Waals surface area contributed by atoms with E-state index in [1.54, 1.807) is 12.1 Å². The molecule has 2 rings (SSSR count). The number of amides is 1. The number of halogens is 1. The molecule has 0 heterocycles. The molecule has 1 aliphatic rings. The summed E-state index contributed by atoms with van der Waals surface area (Å²) >= 11 is 6.09. The minimum Gasteiger partial charge on any atom is -0.444 e. The van der Waals surface area contributed by atoms with Crippen molar-refractivity contribution in [2.45, 2.75) is 51.8 Å². The van der Waals surface area contributed by atoms with Crippen molar-refractivity contribution < 1.29 is 9.53 Å². The van der Waals surface area contributed by atoms with E-state index in [0.717, 1.165) is 18.4 Å². The number of nitriles is 1. The fourth-order valence-corrected chi connectivity index (χ4v) is 2.49. The second-order valence-electron chi connectivity index (χ2n) is 6.72. The van der Waals surface area contributed by atoms with E-state index in [4.69, 9.17) is 21.6 Å². The van der Waals surface area contributed by atoms with Crippen molar-refractivity contribution in [3.05, 3.63) is 28.8 Å². The molecular weight excluding hydrogens is 314 g/mol. The Labute approximate surface area is 142 Å². The molecule has 124 valence electrons. The molecule has 1 amide bonds. The van der Waals surface area contributed by atoms with Crippen molar-refractivity contribution in [3.8, 4) is 6.07 Å². The number of carbonyl (C=O) groups is 1. The third-order valence-electron chi connectivity index (χ3n) is 3.41. The second kappa shape index (κ2) is 7.20. The lowest BCUT2D eigenvalue weighted by molar-refractivity contribution is 0.0635. The molecule has 0 spiro atoms. The lowest BCUT2D eigenvalue weighted by Crippen LogP contribution is -2.29. The van der Waals surface area contributed by atoms with Crippen molar-refractivity contribution in [2.24, 2.45) is 0 Å². The summed E-state index contributed by atoms with van der Waals surface area (Å²) in [6.45, 7) is 6.39. The molecule has 1 N–H and O–H groups in total. The van der Waals surface area contributed by atoms with Crippen LogP contribution in [0.4, 0.5) is 10.5 Å². The van der Waals surface area contributed by atoms with E-state index in [-0.39, 0.29) is 0 Å². The summed E-state index contributed by atoms with van der Waals surface area (Å²) < 4.78 is 5.29. The zero-order valence-corrected chi connectivity index (χ0v) is 14.5. The van der Waals surface area contributed by atoms with Gasteiger partial charge in [-0.3, -0.25) is 10.2 Å². The van der Waals surface area contributed by atoms with Gasteiger partial charge in [-0.1, -0.05) is 11.6 Å². The smallest absolute Gasteiger partial charge is 0.412 e. The number of nitrogens with one attached hydrogen (secondary N) is 1. The number of ether oxygens (including phenoxy) is 1. The minimum absolute atomic E-state index is 0.364. The zero-order valence-electron chi connectivity index (χ0n) is 13.7. The van der Waals surface area contributed by atoms with Gasteiger partial charge in [0.1, 0.15) is 5.60 Å². The van der Waals surface area contributed by atoms with E-state index < -0.39 is 11.7 Å². The van der Waals surface area contributed by atoms with Crippen LogP contribution in [0.1, 0.15) is 39.2 Å². The Balaban J connectivity index is 2.13. The molecule has 1 aromatic carbocycles. The Morgan fingerprint density at radius 2 is 2.17 bits per heavy atom. The molecule has 1 aliphatic carbocycles. The number of hydrogen-bond acceptors (Lipinski definition) is 4. The highest BCUT2D eigenvalue weighted by Crippen LogP contribution is 2.30. The molecule has 0 aromatic heterocycles. The summed E-state index contributed by atoms with van der Waals surface area (Å²) in [7, 11) is 0. The summed E-state index contributed by atoms with van der Waals surface area (Å²) in [5.41, 5.74) is 0.982. The largest absolute Gasteiger partial charge is 0.444 e. The third-order valence-corrected chi connectivity index (χ3v) is 3.65. The van der Waals surface area contributed by atoms with Gasteiger partial charge in [-0.15, -0.1) is 0 Å². The molecule has 0 bridgehead atoms. The van der Waals surface area contributed by atoms with E-state index in [0.29, 0.717) is 29.8 Å². The van der Waals surface area contributed by atoms with Crippen molar-refractivity contribution in [2.75, 3.05) is 11.9 Å². The molecule has 0 radical (unpaired) electrons. The van der Waals surface area contributed by atoms with Gasteiger partial charge in [0.05, 0.1) is 12.6 Å². The van der Waals surface area contributed by atoms with Crippen molar-refractivity contribution in [1.82, 2.24) is 4.90 Å². The van der Waals surface area contributed by atoms with Crippen LogP contribution in [-0.4, -0.2) is 29.2 Å². The Morgan fingerprint density at radius 3 is 2.74 bits per heavy atom. The molecule has 0 unspecified atom stereocenters. The Hall–Kier alpha value is -1.77. The van der Waals surface area contributed by atoms with Gasteiger partial charge in [0.25, 0.3) is 0 Å². The SMILES string of the molecule is CC(C)(C)OC(=O)Nc1ccc(Cl)cc1CN(CC#N)C1CC1. The van der Waals surface area contributed by atoms with E-state index in [9.17, 15) is 4.79 Å². The van der Waals surface area contributed by atoms with Crippen LogP contribution in [0.2, 0.25) is 5.02 Å². The van der Waals surface area contributed by atoms with E-state index in [1.165, 1.54) is 0 Å². The molecule has 23 heavy (non-hydrogen) atoms. The molecule has 0 aliphatic heterocycles. The summed E-state index contributed by atoms with van der Waals surface area (Å²) in [6.07, 6.45) is 1.72. The van der Waals surface area contributed by atoms with Crippen LogP contribution in [-0.2, 0) is 11.3 Å². The molecule has 1 saturated carbocycles. The average Bonchev–Trinajstić information content (AvgIpc) is 3.23. The molecular formula is C17H22ClN3O2. The van der Waals surface area contributed by atoms with Crippen molar-refractivity contribution >= 4 is 23.4 Å². The summed E-state index contributed by atoms with van der Waals surface area (Å²) in [6, 6.07) is 7.95. The monoisotopic (exact) mass is 335 g/mol. The van der Waals surface area contributed by atoms with Crippen LogP contribution in [0.3, 0.4) is 0 Å². The lowest BCUT2D eigenvalue weighted by atomic mass is 10.1. The number of carbonyl (C=O) groups excluding carboxylic acids is 1. The maximum absolute atomic E-state index is 12.0. The maximum atomic E-state index is 12.0. The van der Waals surface area contributed by atoms with Crippen LogP contribution in [0.5, 0.6) is 0 Å². The fourth-order valence-electron chi connectivity index (χ4n) is 2.29. The molecule has 1 aromatic rings. The van der Waals surface area contributed by atoms with E-state index in [1.807, 2.05) is 26.8 Å². The van der Waals surface area contributed by atoms with Gasteiger partial charge in [0.2, 0.25) is 0 Å².